The van der Waals surface area contributed by atoms with E-state index in [1.54, 1.807) is 31.2 Å². The summed E-state index contributed by atoms with van der Waals surface area (Å²) in [5.41, 5.74) is -0.0415. The summed E-state index contributed by atoms with van der Waals surface area (Å²) < 4.78 is 16.3. The Morgan fingerprint density at radius 3 is 1.93 bits per heavy atom. The lowest BCUT2D eigenvalue weighted by atomic mass is 10.3. The smallest absolute Gasteiger partial charge is 0.382 e. The highest BCUT2D eigenvalue weighted by molar-refractivity contribution is 7.45. The molecule has 9 heteroatoms. The van der Waals surface area contributed by atoms with Crippen molar-refractivity contribution in [3.63, 3.8) is 0 Å². The molecule has 2 rings (SSSR count). The normalized spacial score (nSPS) is 10.3. The number of hydrogen-bond acceptors (Lipinski definition) is 7. The zero-order chi connectivity index (χ0) is 22.8. The molecule has 166 valence electrons. The molecule has 0 fully saturated rings. The van der Waals surface area contributed by atoms with Crippen LogP contribution in [0.3, 0.4) is 0 Å². The maximum Gasteiger partial charge on any atom is 0.382 e. The van der Waals surface area contributed by atoms with Crippen LogP contribution in [0.4, 0.5) is 5.69 Å². The molecule has 0 spiro atoms. The Morgan fingerprint density at radius 2 is 1.47 bits per heavy atom. The van der Waals surface area contributed by atoms with E-state index in [-0.39, 0.29) is 18.8 Å². The Balaban J connectivity index is 0.00000154. The largest absolute Gasteiger partial charge is 0.465 e. The zero-order valence-electron chi connectivity index (χ0n) is 18.2. The van der Waals surface area contributed by atoms with Crippen LogP contribution in [-0.2, 0) is 9.53 Å². The van der Waals surface area contributed by atoms with Crippen molar-refractivity contribution < 1.29 is 23.5 Å². The van der Waals surface area contributed by atoms with Gasteiger partial charge in [-0.25, -0.2) is 5.09 Å². The number of nitrogens with one attached hydrogen (secondary N) is 1. The molecule has 1 atom stereocenters. The lowest BCUT2D eigenvalue weighted by molar-refractivity contribution is -0.384. The Kier molecular flexibility index (Phi) is 15.6. The van der Waals surface area contributed by atoms with Gasteiger partial charge in [-0.05, 0) is 31.2 Å². The second-order valence-corrected chi connectivity index (χ2v) is 6.55. The lowest BCUT2D eigenvalue weighted by Gasteiger charge is -2.18. The van der Waals surface area contributed by atoms with Gasteiger partial charge in [-0.2, -0.15) is 0 Å². The van der Waals surface area contributed by atoms with E-state index in [1.165, 1.54) is 30.7 Å². The molecule has 0 saturated heterocycles. The number of non-ortho nitro benzene ring substituents is 1. The highest BCUT2D eigenvalue weighted by atomic mass is 31.2. The number of ether oxygens (including phenoxy) is 1. The van der Waals surface area contributed by atoms with Gasteiger partial charge in [0.25, 0.3) is 5.69 Å². The second-order valence-electron chi connectivity index (χ2n) is 5.35. The monoisotopic (exact) mass is 438 g/mol. The number of carbonyl (C=O) groups excluding carboxylic acids is 1. The molecular formula is C21H31N2O6P. The number of carbonyl (C=O) groups is 1. The van der Waals surface area contributed by atoms with Crippen LogP contribution in [0.15, 0.2) is 54.6 Å². The van der Waals surface area contributed by atoms with Crippen LogP contribution in [0.2, 0.25) is 0 Å². The molecule has 0 aromatic heterocycles. The van der Waals surface area contributed by atoms with Gasteiger partial charge in [0.15, 0.2) is 0 Å². The fourth-order valence-electron chi connectivity index (χ4n) is 1.73. The number of benzene rings is 2. The molecule has 0 bridgehead atoms. The van der Waals surface area contributed by atoms with Crippen molar-refractivity contribution in [3.8, 4) is 11.5 Å². The van der Waals surface area contributed by atoms with Crippen molar-refractivity contribution >= 4 is 20.2 Å². The van der Waals surface area contributed by atoms with Crippen LogP contribution in [-0.4, -0.2) is 24.0 Å². The third kappa shape index (κ3) is 12.0. The van der Waals surface area contributed by atoms with Crippen LogP contribution in [0.1, 0.15) is 41.0 Å². The third-order valence-corrected chi connectivity index (χ3v) is 3.99. The summed E-state index contributed by atoms with van der Waals surface area (Å²) in [5.74, 6) is 0.509. The quantitative estimate of drug-likeness (QED) is 0.226. The summed E-state index contributed by atoms with van der Waals surface area (Å²) in [7, 11) is -1.70. The predicted molar refractivity (Wildman–Crippen MR) is 120 cm³/mol. The topological polar surface area (TPSA) is 99.9 Å². The highest BCUT2D eigenvalue weighted by Crippen LogP contribution is 2.37. The predicted octanol–water partition coefficient (Wildman–Crippen LogP) is 5.87. The summed E-state index contributed by atoms with van der Waals surface area (Å²) in [6, 6.07) is 14.6. The first-order chi connectivity index (χ1) is 14.5. The molecule has 8 nitrogen and oxygen atoms in total. The molecule has 0 radical (unpaired) electrons. The number of nitro benzene ring substituents is 1. The van der Waals surface area contributed by atoms with E-state index in [4.69, 9.17) is 13.8 Å². The highest BCUT2D eigenvalue weighted by Gasteiger charge is 2.18. The first-order valence-corrected chi connectivity index (χ1v) is 11.0. The van der Waals surface area contributed by atoms with Crippen molar-refractivity contribution in [2.24, 2.45) is 0 Å². The van der Waals surface area contributed by atoms with Gasteiger partial charge in [0.05, 0.1) is 11.5 Å². The van der Waals surface area contributed by atoms with Gasteiger partial charge in [-0.15, -0.1) is 0 Å². The number of hydrogen-bond donors (Lipinski definition) is 1. The minimum Gasteiger partial charge on any atom is -0.465 e. The molecule has 0 heterocycles. The maximum absolute atomic E-state index is 11.5. The third-order valence-electron chi connectivity index (χ3n) is 2.83. The summed E-state index contributed by atoms with van der Waals surface area (Å²) in [5, 5.41) is 13.5. The van der Waals surface area contributed by atoms with Gasteiger partial charge in [-0.1, -0.05) is 52.3 Å². The number of esters is 1. The molecule has 30 heavy (non-hydrogen) atoms. The van der Waals surface area contributed by atoms with Gasteiger partial charge in [0, 0.05) is 12.1 Å². The molecule has 2 aromatic carbocycles. The standard InChI is InChI=1S/C16H17N2O6P.C3H8.C2H6/c1-2-22-16(19)12-17-25(23-14-6-4-3-5-7-14)24-15-10-8-13(9-11-15)18(20)21;1-3-2;1-2/h3-11,17H,2,12H2,1H3;3H2,1-2H3;1-2H3. The second kappa shape index (κ2) is 17.2. The van der Waals surface area contributed by atoms with Crippen LogP contribution in [0.25, 0.3) is 0 Å². The molecule has 1 N–H and O–H groups in total. The van der Waals surface area contributed by atoms with Crippen molar-refractivity contribution in [2.75, 3.05) is 13.2 Å². The minimum absolute atomic E-state index is 0.0415. The fourth-order valence-corrected chi connectivity index (χ4v) is 2.78. The Hall–Kier alpha value is -2.70. The van der Waals surface area contributed by atoms with Gasteiger partial charge < -0.3 is 13.8 Å². The van der Waals surface area contributed by atoms with E-state index in [2.05, 4.69) is 18.9 Å². The molecule has 0 amide bonds. The van der Waals surface area contributed by atoms with Crippen LogP contribution >= 0.6 is 8.53 Å². The molecule has 0 aliphatic carbocycles. The molecule has 2 aromatic rings. The average molecular weight is 438 g/mol. The summed E-state index contributed by atoms with van der Waals surface area (Å²) >= 11 is 0. The minimum atomic E-state index is -1.70. The van der Waals surface area contributed by atoms with Gasteiger partial charge in [-0.3, -0.25) is 14.9 Å². The maximum atomic E-state index is 11.5. The van der Waals surface area contributed by atoms with E-state index in [0.717, 1.165) is 0 Å². The SMILES string of the molecule is CC.CCC.CCOC(=O)CNP(Oc1ccccc1)Oc1ccc([N+](=O)[O-])cc1. The summed E-state index contributed by atoms with van der Waals surface area (Å²) in [4.78, 5) is 21.7. The van der Waals surface area contributed by atoms with Crippen molar-refractivity contribution in [1.82, 2.24) is 5.09 Å². The number of rotatable bonds is 9. The van der Waals surface area contributed by atoms with E-state index >= 15 is 0 Å². The number of nitro groups is 1. The van der Waals surface area contributed by atoms with E-state index < -0.39 is 19.4 Å². The number of para-hydroxylation sites is 1. The van der Waals surface area contributed by atoms with E-state index in [9.17, 15) is 14.9 Å². The molecule has 1 unspecified atom stereocenters. The van der Waals surface area contributed by atoms with Gasteiger partial charge in [0.2, 0.25) is 0 Å². The molecule has 0 aliphatic rings. The van der Waals surface area contributed by atoms with Gasteiger partial charge in [0.1, 0.15) is 18.0 Å². The van der Waals surface area contributed by atoms with Crippen LogP contribution in [0.5, 0.6) is 11.5 Å². The van der Waals surface area contributed by atoms with E-state index in [0.29, 0.717) is 11.5 Å². The molecular weight excluding hydrogens is 407 g/mol. The van der Waals surface area contributed by atoms with E-state index in [1.807, 2.05) is 19.9 Å². The van der Waals surface area contributed by atoms with Crippen molar-refractivity contribution in [1.29, 1.82) is 0 Å². The zero-order valence-corrected chi connectivity index (χ0v) is 19.1. The van der Waals surface area contributed by atoms with Gasteiger partial charge >= 0.3 is 14.5 Å². The fraction of sp³-hybridized carbons (Fsp3) is 0.381. The Bertz CT molecular complexity index is 713. The first kappa shape index (κ1) is 27.3. The van der Waals surface area contributed by atoms with Crippen molar-refractivity contribution in [2.45, 2.75) is 41.0 Å². The lowest BCUT2D eigenvalue weighted by Crippen LogP contribution is -2.24. The summed E-state index contributed by atoms with van der Waals surface area (Å²) in [6.07, 6.45) is 1.25. The molecule has 0 aliphatic heterocycles. The number of nitrogens with zero attached hydrogens (tertiary/aromatic N) is 1. The average Bonchev–Trinajstić information content (AvgIpc) is 2.75. The molecule has 0 saturated carbocycles. The van der Waals surface area contributed by atoms with Crippen molar-refractivity contribution in [3.05, 3.63) is 64.7 Å². The first-order valence-electron chi connectivity index (χ1n) is 9.84. The summed E-state index contributed by atoms with van der Waals surface area (Å²) in [6.45, 7) is 10.2. The van der Waals surface area contributed by atoms with Crippen LogP contribution < -0.4 is 14.1 Å². The Morgan fingerprint density at radius 1 is 0.967 bits per heavy atom. The Labute approximate surface area is 179 Å². The van der Waals surface area contributed by atoms with Crippen LogP contribution in [0, 0.1) is 10.1 Å².